The third kappa shape index (κ3) is 4.69. The number of hydrogen-bond acceptors (Lipinski definition) is 5. The summed E-state index contributed by atoms with van der Waals surface area (Å²) in [6, 6.07) is 7.92. The summed E-state index contributed by atoms with van der Waals surface area (Å²) >= 11 is 17.1. The highest BCUT2D eigenvalue weighted by atomic mass is 35.5. The number of benzene rings is 2. The minimum atomic E-state index is -0.452. The van der Waals surface area contributed by atoms with Gasteiger partial charge in [0, 0.05) is 10.6 Å². The Morgan fingerprint density at radius 1 is 1.00 bits per heavy atom. The van der Waals surface area contributed by atoms with Gasteiger partial charge in [-0.15, -0.1) is 0 Å². The van der Waals surface area contributed by atoms with E-state index in [1.807, 2.05) is 0 Å². The molecule has 0 aliphatic carbocycles. The van der Waals surface area contributed by atoms with E-state index in [0.717, 1.165) is 0 Å². The van der Waals surface area contributed by atoms with Gasteiger partial charge in [0.1, 0.15) is 0 Å². The fourth-order valence-electron chi connectivity index (χ4n) is 2.13. The van der Waals surface area contributed by atoms with Gasteiger partial charge in [-0.2, -0.15) is 0 Å². The zero-order chi connectivity index (χ0) is 19.3. The topological polar surface area (TPSA) is 68.8 Å². The summed E-state index contributed by atoms with van der Waals surface area (Å²) in [5.41, 5.74) is 0.803. The van der Waals surface area contributed by atoms with E-state index >= 15 is 0 Å². The van der Waals surface area contributed by atoms with E-state index in [1.54, 1.807) is 18.2 Å². The molecule has 0 radical (unpaired) electrons. The summed E-state index contributed by atoms with van der Waals surface area (Å²) in [4.78, 5) is 12.5. The molecule has 0 atom stereocenters. The van der Waals surface area contributed by atoms with Crippen LogP contribution in [0.25, 0.3) is 0 Å². The van der Waals surface area contributed by atoms with E-state index in [9.17, 15) is 4.79 Å². The molecule has 2 rings (SSSR count). The number of carbonyl (C=O) groups is 1. The van der Waals surface area contributed by atoms with Crippen molar-refractivity contribution in [3.8, 4) is 17.2 Å². The fourth-order valence-corrected chi connectivity index (χ4v) is 2.79. The van der Waals surface area contributed by atoms with E-state index < -0.39 is 5.91 Å². The van der Waals surface area contributed by atoms with Crippen molar-refractivity contribution >= 4 is 52.1 Å². The number of hydrogen-bond donors (Lipinski definition) is 2. The Balaban J connectivity index is 2.17. The van der Waals surface area contributed by atoms with Gasteiger partial charge in [-0.1, -0.05) is 23.2 Å². The number of methoxy groups -OCH3 is 3. The van der Waals surface area contributed by atoms with E-state index in [-0.39, 0.29) is 10.7 Å². The number of carbonyl (C=O) groups excluding carboxylic acids is 1. The first-order valence-electron chi connectivity index (χ1n) is 7.27. The number of amides is 1. The van der Waals surface area contributed by atoms with Crippen LogP contribution in [0.5, 0.6) is 17.2 Å². The zero-order valence-electron chi connectivity index (χ0n) is 14.2. The van der Waals surface area contributed by atoms with Gasteiger partial charge in [-0.3, -0.25) is 10.1 Å². The number of nitrogens with one attached hydrogen (secondary N) is 2. The maximum Gasteiger partial charge on any atom is 0.257 e. The first kappa shape index (κ1) is 20.1. The number of thiocarbonyl (C=S) groups is 1. The van der Waals surface area contributed by atoms with E-state index in [4.69, 9.17) is 49.6 Å². The monoisotopic (exact) mass is 414 g/mol. The molecule has 0 aliphatic rings. The van der Waals surface area contributed by atoms with Crippen molar-refractivity contribution < 1.29 is 19.0 Å². The van der Waals surface area contributed by atoms with E-state index in [1.165, 1.54) is 33.5 Å². The quantitative estimate of drug-likeness (QED) is 0.716. The van der Waals surface area contributed by atoms with Crippen LogP contribution in [0.2, 0.25) is 10.0 Å². The maximum atomic E-state index is 12.5. The fraction of sp³-hybridized carbons (Fsp3) is 0.176. The largest absolute Gasteiger partial charge is 0.493 e. The average Bonchev–Trinajstić information content (AvgIpc) is 2.62. The van der Waals surface area contributed by atoms with Crippen molar-refractivity contribution in [1.82, 2.24) is 5.32 Å². The Hall–Kier alpha value is -2.22. The molecule has 1 amide bonds. The first-order valence-corrected chi connectivity index (χ1v) is 8.43. The molecule has 0 fully saturated rings. The normalized spacial score (nSPS) is 10.0. The second-order valence-electron chi connectivity index (χ2n) is 4.95. The molecular weight excluding hydrogens is 399 g/mol. The highest BCUT2D eigenvalue weighted by molar-refractivity contribution is 7.80. The van der Waals surface area contributed by atoms with Crippen LogP contribution in [0, 0.1) is 0 Å². The highest BCUT2D eigenvalue weighted by Crippen LogP contribution is 2.38. The Kier molecular flexibility index (Phi) is 6.90. The van der Waals surface area contributed by atoms with Crippen LogP contribution in [0.4, 0.5) is 5.69 Å². The molecule has 9 heteroatoms. The maximum absolute atomic E-state index is 12.5. The predicted octanol–water partition coefficient (Wildman–Crippen LogP) is 4.15. The van der Waals surface area contributed by atoms with Gasteiger partial charge in [0.25, 0.3) is 5.91 Å². The number of halogens is 2. The van der Waals surface area contributed by atoms with Crippen LogP contribution in [0.3, 0.4) is 0 Å². The first-order chi connectivity index (χ1) is 12.4. The molecule has 0 heterocycles. The van der Waals surface area contributed by atoms with Crippen LogP contribution in [0.1, 0.15) is 10.4 Å². The molecular formula is C17H16Cl2N2O4S. The Bertz CT molecular complexity index is 821. The molecule has 138 valence electrons. The van der Waals surface area contributed by atoms with E-state index in [2.05, 4.69) is 10.6 Å². The van der Waals surface area contributed by atoms with Crippen molar-refractivity contribution in [3.05, 3.63) is 45.9 Å². The average molecular weight is 415 g/mol. The number of rotatable bonds is 5. The van der Waals surface area contributed by atoms with Crippen LogP contribution < -0.4 is 24.8 Å². The molecule has 0 bridgehead atoms. The van der Waals surface area contributed by atoms with Crippen molar-refractivity contribution in [2.24, 2.45) is 0 Å². The molecule has 2 aromatic carbocycles. The van der Waals surface area contributed by atoms with Gasteiger partial charge < -0.3 is 19.5 Å². The molecule has 6 nitrogen and oxygen atoms in total. The lowest BCUT2D eigenvalue weighted by Gasteiger charge is -2.15. The third-order valence-corrected chi connectivity index (χ3v) is 4.09. The summed E-state index contributed by atoms with van der Waals surface area (Å²) in [6.07, 6.45) is 0. The second kappa shape index (κ2) is 8.93. The molecule has 0 aromatic heterocycles. The molecule has 0 unspecified atom stereocenters. The van der Waals surface area contributed by atoms with Crippen molar-refractivity contribution in [2.45, 2.75) is 0 Å². The standard InChI is InChI=1S/C17H16Cl2N2O4S/c1-23-13-6-9(7-14(24-2)15(13)25-3)16(22)21-17(26)20-12-5-4-10(18)8-11(12)19/h4-8H,1-3H3,(H2,20,21,22,26). The number of anilines is 1. The molecule has 0 saturated heterocycles. The molecule has 0 spiro atoms. The van der Waals surface area contributed by atoms with Gasteiger partial charge in [-0.05, 0) is 42.5 Å². The summed E-state index contributed by atoms with van der Waals surface area (Å²) < 4.78 is 15.7. The molecule has 0 saturated carbocycles. The van der Waals surface area contributed by atoms with Crippen LogP contribution >= 0.6 is 35.4 Å². The smallest absolute Gasteiger partial charge is 0.257 e. The number of ether oxygens (including phenoxy) is 3. The summed E-state index contributed by atoms with van der Waals surface area (Å²) in [6.45, 7) is 0. The van der Waals surface area contributed by atoms with Crippen molar-refractivity contribution in [1.29, 1.82) is 0 Å². The molecule has 26 heavy (non-hydrogen) atoms. The lowest BCUT2D eigenvalue weighted by molar-refractivity contribution is 0.0977. The third-order valence-electron chi connectivity index (χ3n) is 3.33. The van der Waals surface area contributed by atoms with Gasteiger partial charge in [-0.25, -0.2) is 0 Å². The van der Waals surface area contributed by atoms with Gasteiger partial charge in [0.05, 0.1) is 32.0 Å². The van der Waals surface area contributed by atoms with Gasteiger partial charge >= 0.3 is 0 Å². The van der Waals surface area contributed by atoms with Crippen molar-refractivity contribution in [2.75, 3.05) is 26.6 Å². The molecule has 2 N–H and O–H groups in total. The lowest BCUT2D eigenvalue weighted by atomic mass is 10.1. The van der Waals surface area contributed by atoms with Crippen LogP contribution in [-0.2, 0) is 0 Å². The second-order valence-corrected chi connectivity index (χ2v) is 6.20. The molecule has 2 aromatic rings. The summed E-state index contributed by atoms with van der Waals surface area (Å²) in [5.74, 6) is 0.653. The summed E-state index contributed by atoms with van der Waals surface area (Å²) in [5, 5.41) is 6.35. The SMILES string of the molecule is COc1cc(C(=O)NC(=S)Nc2ccc(Cl)cc2Cl)cc(OC)c1OC. The van der Waals surface area contributed by atoms with Crippen molar-refractivity contribution in [3.63, 3.8) is 0 Å². The minimum absolute atomic E-state index is 0.0768. The molecule has 0 aliphatic heterocycles. The summed E-state index contributed by atoms with van der Waals surface area (Å²) in [7, 11) is 4.41. The van der Waals surface area contributed by atoms with Gasteiger partial charge in [0.2, 0.25) is 5.75 Å². The van der Waals surface area contributed by atoms with Crippen LogP contribution in [-0.4, -0.2) is 32.3 Å². The Labute approximate surface area is 166 Å². The van der Waals surface area contributed by atoms with Gasteiger partial charge in [0.15, 0.2) is 16.6 Å². The zero-order valence-corrected chi connectivity index (χ0v) is 16.5. The Morgan fingerprint density at radius 2 is 1.62 bits per heavy atom. The predicted molar refractivity (Wildman–Crippen MR) is 106 cm³/mol. The van der Waals surface area contributed by atoms with E-state index in [0.29, 0.717) is 33.0 Å². The Morgan fingerprint density at radius 3 is 2.12 bits per heavy atom. The minimum Gasteiger partial charge on any atom is -0.493 e. The lowest BCUT2D eigenvalue weighted by Crippen LogP contribution is -2.34. The highest BCUT2D eigenvalue weighted by Gasteiger charge is 2.18. The van der Waals surface area contributed by atoms with Crippen LogP contribution in [0.15, 0.2) is 30.3 Å².